The largest absolute Gasteiger partial charge is 0.320 e. The Kier molecular flexibility index (Phi) is 3.93. The first kappa shape index (κ1) is 13.1. The Labute approximate surface area is 119 Å². The van der Waals surface area contributed by atoms with E-state index in [-0.39, 0.29) is 6.04 Å². The van der Waals surface area contributed by atoms with E-state index in [1.54, 1.807) is 11.3 Å². The van der Waals surface area contributed by atoms with Gasteiger partial charge in [0.05, 0.1) is 14.9 Å². The van der Waals surface area contributed by atoms with Crippen molar-refractivity contribution in [2.24, 2.45) is 5.73 Å². The van der Waals surface area contributed by atoms with Gasteiger partial charge in [0.25, 0.3) is 0 Å². The minimum Gasteiger partial charge on any atom is -0.320 e. The van der Waals surface area contributed by atoms with Gasteiger partial charge in [0, 0.05) is 4.88 Å². The molecule has 0 spiro atoms. The molecule has 0 bridgehead atoms. The van der Waals surface area contributed by atoms with E-state index in [0.29, 0.717) is 0 Å². The second-order valence-corrected chi connectivity index (χ2v) is 6.92. The molecule has 0 aliphatic carbocycles. The molecule has 1 aromatic carbocycles. The second-order valence-electron chi connectivity index (χ2n) is 4.11. The van der Waals surface area contributed by atoms with Crippen molar-refractivity contribution in [1.29, 1.82) is 0 Å². The van der Waals surface area contributed by atoms with E-state index >= 15 is 0 Å². The Balaban J connectivity index is 2.39. The minimum atomic E-state index is -0.107. The van der Waals surface area contributed by atoms with Crippen LogP contribution >= 0.6 is 38.9 Å². The quantitative estimate of drug-likeness (QED) is 0.838. The van der Waals surface area contributed by atoms with E-state index < -0.39 is 0 Å². The smallest absolute Gasteiger partial charge is 0.0888 e. The van der Waals surface area contributed by atoms with Crippen molar-refractivity contribution in [2.75, 3.05) is 0 Å². The van der Waals surface area contributed by atoms with Crippen molar-refractivity contribution in [3.05, 3.63) is 54.6 Å². The summed E-state index contributed by atoms with van der Waals surface area (Å²) in [5.41, 5.74) is 9.91. The number of benzene rings is 1. The van der Waals surface area contributed by atoms with E-state index in [1.165, 1.54) is 11.1 Å². The zero-order valence-electron chi connectivity index (χ0n) is 9.63. The fraction of sp³-hybridized carbons (Fsp3) is 0.231. The summed E-state index contributed by atoms with van der Waals surface area (Å²) in [6, 6.07) is 8.16. The third-order valence-electron chi connectivity index (χ3n) is 2.73. The molecule has 0 aliphatic rings. The summed E-state index contributed by atoms with van der Waals surface area (Å²) >= 11 is 11.0. The summed E-state index contributed by atoms with van der Waals surface area (Å²) in [5, 5.41) is 0.727. The van der Waals surface area contributed by atoms with Crippen LogP contribution < -0.4 is 5.73 Å². The number of thiophene rings is 1. The van der Waals surface area contributed by atoms with Gasteiger partial charge in [0.2, 0.25) is 0 Å². The van der Waals surface area contributed by atoms with Crippen LogP contribution in [-0.2, 0) is 0 Å². The molecule has 0 saturated carbocycles. The lowest BCUT2D eigenvalue weighted by Crippen LogP contribution is -2.11. The van der Waals surface area contributed by atoms with Crippen molar-refractivity contribution in [1.82, 2.24) is 0 Å². The van der Waals surface area contributed by atoms with E-state index in [9.17, 15) is 0 Å². The van der Waals surface area contributed by atoms with E-state index in [1.807, 2.05) is 6.07 Å². The van der Waals surface area contributed by atoms with Crippen LogP contribution in [0, 0.1) is 13.8 Å². The number of hydrogen-bond acceptors (Lipinski definition) is 2. The van der Waals surface area contributed by atoms with E-state index in [0.717, 1.165) is 19.2 Å². The summed E-state index contributed by atoms with van der Waals surface area (Å²) in [6.07, 6.45) is 0. The minimum absolute atomic E-state index is 0.107. The van der Waals surface area contributed by atoms with Crippen LogP contribution in [0.15, 0.2) is 28.1 Å². The Morgan fingerprint density at radius 2 is 2.00 bits per heavy atom. The Morgan fingerprint density at radius 1 is 1.29 bits per heavy atom. The van der Waals surface area contributed by atoms with Crippen molar-refractivity contribution in [2.45, 2.75) is 19.9 Å². The zero-order chi connectivity index (χ0) is 12.6. The third kappa shape index (κ3) is 2.74. The fourth-order valence-electron chi connectivity index (χ4n) is 1.84. The van der Waals surface area contributed by atoms with Crippen LogP contribution in [0.3, 0.4) is 0 Å². The molecule has 1 atom stereocenters. The maximum absolute atomic E-state index is 6.28. The maximum Gasteiger partial charge on any atom is 0.0888 e. The van der Waals surface area contributed by atoms with Crippen LogP contribution in [0.5, 0.6) is 0 Å². The predicted octanol–water partition coefficient (Wildman–Crippen LogP) is 4.83. The summed E-state index contributed by atoms with van der Waals surface area (Å²) in [7, 11) is 0. The van der Waals surface area contributed by atoms with Gasteiger partial charge in [-0.3, -0.25) is 0 Å². The standard InChI is InChI=1S/C13H13BrClNS/c1-7-3-4-9(8(2)5-7)12(16)11-6-10(15)13(14)17-11/h3-6,12H,16H2,1-2H3. The Morgan fingerprint density at radius 3 is 2.53 bits per heavy atom. The van der Waals surface area contributed by atoms with Gasteiger partial charge in [-0.1, -0.05) is 35.4 Å². The van der Waals surface area contributed by atoms with Gasteiger partial charge in [0.1, 0.15) is 0 Å². The second kappa shape index (κ2) is 5.11. The summed E-state index contributed by atoms with van der Waals surface area (Å²) in [4.78, 5) is 1.08. The van der Waals surface area contributed by atoms with Crippen molar-refractivity contribution in [3.8, 4) is 0 Å². The summed E-state index contributed by atoms with van der Waals surface area (Å²) < 4.78 is 0.939. The number of aryl methyl sites for hydroxylation is 2. The number of nitrogens with two attached hydrogens (primary N) is 1. The molecule has 2 rings (SSSR count). The highest BCUT2D eigenvalue weighted by molar-refractivity contribution is 9.11. The van der Waals surface area contributed by atoms with Gasteiger partial charge in [-0.2, -0.15) is 0 Å². The molecule has 0 amide bonds. The average molecular weight is 331 g/mol. The Bertz CT molecular complexity index is 531. The highest BCUT2D eigenvalue weighted by Gasteiger charge is 2.15. The SMILES string of the molecule is Cc1ccc(C(N)c2cc(Cl)c(Br)s2)c(C)c1. The lowest BCUT2D eigenvalue weighted by atomic mass is 9.99. The molecule has 4 heteroatoms. The van der Waals surface area contributed by atoms with Crippen LogP contribution in [-0.4, -0.2) is 0 Å². The molecular formula is C13H13BrClNS. The van der Waals surface area contributed by atoms with Gasteiger partial charge >= 0.3 is 0 Å². The Hall–Kier alpha value is -0.350. The topological polar surface area (TPSA) is 26.0 Å². The van der Waals surface area contributed by atoms with Crippen LogP contribution in [0.4, 0.5) is 0 Å². The maximum atomic E-state index is 6.28. The van der Waals surface area contributed by atoms with Gasteiger partial charge < -0.3 is 5.73 Å². The zero-order valence-corrected chi connectivity index (χ0v) is 12.8. The molecule has 0 fully saturated rings. The monoisotopic (exact) mass is 329 g/mol. The van der Waals surface area contributed by atoms with E-state index in [4.69, 9.17) is 17.3 Å². The van der Waals surface area contributed by atoms with Crippen molar-refractivity contribution < 1.29 is 0 Å². The molecule has 0 radical (unpaired) electrons. The molecular weight excluding hydrogens is 318 g/mol. The van der Waals surface area contributed by atoms with Gasteiger partial charge in [-0.25, -0.2) is 0 Å². The fourth-order valence-corrected chi connectivity index (χ4v) is 3.61. The molecule has 90 valence electrons. The molecule has 17 heavy (non-hydrogen) atoms. The summed E-state index contributed by atoms with van der Waals surface area (Å²) in [5.74, 6) is 0. The van der Waals surface area contributed by atoms with Crippen LogP contribution in [0.25, 0.3) is 0 Å². The molecule has 0 saturated heterocycles. The van der Waals surface area contributed by atoms with E-state index in [2.05, 4.69) is 48.0 Å². The average Bonchev–Trinajstić information content (AvgIpc) is 2.58. The predicted molar refractivity (Wildman–Crippen MR) is 79.0 cm³/mol. The molecule has 1 aromatic heterocycles. The van der Waals surface area contributed by atoms with Gasteiger partial charge in [0.15, 0.2) is 0 Å². The van der Waals surface area contributed by atoms with Gasteiger partial charge in [-0.05, 0) is 47.0 Å². The number of halogens is 2. The van der Waals surface area contributed by atoms with Crippen LogP contribution in [0.1, 0.15) is 27.6 Å². The normalized spacial score (nSPS) is 12.8. The van der Waals surface area contributed by atoms with Crippen molar-refractivity contribution in [3.63, 3.8) is 0 Å². The lowest BCUT2D eigenvalue weighted by molar-refractivity contribution is 0.881. The molecule has 0 aliphatic heterocycles. The summed E-state index contributed by atoms with van der Waals surface area (Å²) in [6.45, 7) is 4.17. The molecule has 2 N–H and O–H groups in total. The highest BCUT2D eigenvalue weighted by atomic mass is 79.9. The molecule has 1 nitrogen and oxygen atoms in total. The first-order valence-corrected chi connectivity index (χ1v) is 7.25. The van der Waals surface area contributed by atoms with Crippen LogP contribution in [0.2, 0.25) is 5.02 Å². The molecule has 2 aromatic rings. The molecule has 1 heterocycles. The van der Waals surface area contributed by atoms with Crippen molar-refractivity contribution >= 4 is 38.9 Å². The van der Waals surface area contributed by atoms with Gasteiger partial charge in [-0.15, -0.1) is 11.3 Å². The third-order valence-corrected chi connectivity index (χ3v) is 5.29. The first-order valence-electron chi connectivity index (χ1n) is 5.26. The molecule has 1 unspecified atom stereocenters. The lowest BCUT2D eigenvalue weighted by Gasteiger charge is -2.13. The number of hydrogen-bond donors (Lipinski definition) is 1. The number of rotatable bonds is 2. The highest BCUT2D eigenvalue weighted by Crippen LogP contribution is 2.37. The first-order chi connectivity index (χ1) is 7.99.